The first-order valence-electron chi connectivity index (χ1n) is 7.17. The van der Waals surface area contributed by atoms with Gasteiger partial charge in [0, 0.05) is 25.9 Å². The van der Waals surface area contributed by atoms with Gasteiger partial charge in [-0.3, -0.25) is 14.5 Å². The van der Waals surface area contributed by atoms with E-state index in [2.05, 4.69) is 17.0 Å². The average Bonchev–Trinajstić information content (AvgIpc) is 2.47. The summed E-state index contributed by atoms with van der Waals surface area (Å²) in [5.41, 5.74) is 1.24. The van der Waals surface area contributed by atoms with E-state index in [1.807, 2.05) is 18.2 Å². The van der Waals surface area contributed by atoms with E-state index in [9.17, 15) is 9.59 Å². The molecule has 1 unspecified atom stereocenters. The smallest absolute Gasteiger partial charge is 0.323 e. The fourth-order valence-corrected chi connectivity index (χ4v) is 2.53. The Balaban J connectivity index is 1.96. The molecule has 20 heavy (non-hydrogen) atoms. The van der Waals surface area contributed by atoms with Gasteiger partial charge in [0.05, 0.1) is 6.61 Å². The molecule has 1 atom stereocenters. The summed E-state index contributed by atoms with van der Waals surface area (Å²) >= 11 is 0. The minimum Gasteiger partial charge on any atom is -0.465 e. The maximum atomic E-state index is 11.9. The van der Waals surface area contributed by atoms with Crippen LogP contribution in [0.15, 0.2) is 30.3 Å². The molecule has 4 nitrogen and oxygen atoms in total. The molecule has 0 saturated carbocycles. The largest absolute Gasteiger partial charge is 0.465 e. The minimum absolute atomic E-state index is 0.152. The number of esters is 1. The molecule has 1 saturated heterocycles. The maximum Gasteiger partial charge on any atom is 0.323 e. The number of ketones is 1. The van der Waals surface area contributed by atoms with Crippen LogP contribution in [-0.2, 0) is 20.7 Å². The fraction of sp³-hybridized carbons (Fsp3) is 0.500. The molecule has 0 amide bonds. The molecule has 108 valence electrons. The highest BCUT2D eigenvalue weighted by Crippen LogP contribution is 2.16. The van der Waals surface area contributed by atoms with Gasteiger partial charge in [-0.15, -0.1) is 0 Å². The van der Waals surface area contributed by atoms with Crippen LogP contribution < -0.4 is 0 Å². The number of rotatable bonds is 5. The summed E-state index contributed by atoms with van der Waals surface area (Å²) in [6, 6.07) is 9.77. The van der Waals surface area contributed by atoms with Crippen molar-refractivity contribution in [2.24, 2.45) is 0 Å². The Kier molecular flexibility index (Phi) is 5.30. The van der Waals surface area contributed by atoms with Gasteiger partial charge >= 0.3 is 5.97 Å². The van der Waals surface area contributed by atoms with E-state index in [4.69, 9.17) is 4.74 Å². The summed E-state index contributed by atoms with van der Waals surface area (Å²) in [7, 11) is 0. The SMILES string of the molecule is CCOC(=O)C1CC(=O)CCN1CCc1ccccc1. The Hall–Kier alpha value is -1.68. The third kappa shape index (κ3) is 3.90. The molecule has 1 aliphatic rings. The van der Waals surface area contributed by atoms with Gasteiger partial charge in [-0.2, -0.15) is 0 Å². The van der Waals surface area contributed by atoms with Crippen LogP contribution in [0.3, 0.4) is 0 Å². The molecule has 1 aromatic rings. The van der Waals surface area contributed by atoms with Crippen molar-refractivity contribution in [3.63, 3.8) is 0 Å². The third-order valence-electron chi connectivity index (χ3n) is 3.63. The lowest BCUT2D eigenvalue weighted by Gasteiger charge is -2.33. The third-order valence-corrected chi connectivity index (χ3v) is 3.63. The monoisotopic (exact) mass is 275 g/mol. The van der Waals surface area contributed by atoms with Gasteiger partial charge in [-0.1, -0.05) is 30.3 Å². The predicted octanol–water partition coefficient (Wildman–Crippen LogP) is 1.83. The number of ether oxygens (including phenoxy) is 1. The standard InChI is InChI=1S/C16H21NO3/c1-2-20-16(19)15-12-14(18)9-11-17(15)10-8-13-6-4-3-5-7-13/h3-7,15H,2,8-12H2,1H3. The van der Waals surface area contributed by atoms with E-state index >= 15 is 0 Å². The van der Waals surface area contributed by atoms with Gasteiger partial charge in [-0.05, 0) is 18.9 Å². The van der Waals surface area contributed by atoms with Crippen molar-refractivity contribution in [1.82, 2.24) is 4.90 Å². The zero-order valence-electron chi connectivity index (χ0n) is 11.9. The van der Waals surface area contributed by atoms with E-state index in [0.29, 0.717) is 19.6 Å². The molecule has 1 aliphatic heterocycles. The van der Waals surface area contributed by atoms with E-state index < -0.39 is 6.04 Å². The second kappa shape index (κ2) is 7.20. The zero-order chi connectivity index (χ0) is 14.4. The summed E-state index contributed by atoms with van der Waals surface area (Å²) in [5.74, 6) is -0.118. The van der Waals surface area contributed by atoms with Crippen LogP contribution in [0.2, 0.25) is 0 Å². The van der Waals surface area contributed by atoms with Gasteiger partial charge in [0.15, 0.2) is 0 Å². The van der Waals surface area contributed by atoms with Crippen LogP contribution >= 0.6 is 0 Å². The van der Waals surface area contributed by atoms with E-state index in [0.717, 1.165) is 13.0 Å². The number of carbonyl (C=O) groups excluding carboxylic acids is 2. The summed E-state index contributed by atoms with van der Waals surface area (Å²) < 4.78 is 5.08. The molecular weight excluding hydrogens is 254 g/mol. The van der Waals surface area contributed by atoms with E-state index in [1.165, 1.54) is 5.56 Å². The summed E-state index contributed by atoms with van der Waals surface area (Å²) in [6.45, 7) is 3.57. The summed E-state index contributed by atoms with van der Waals surface area (Å²) in [4.78, 5) is 25.6. The van der Waals surface area contributed by atoms with Gasteiger partial charge in [0.2, 0.25) is 0 Å². The number of hydrogen-bond acceptors (Lipinski definition) is 4. The van der Waals surface area contributed by atoms with Crippen molar-refractivity contribution < 1.29 is 14.3 Å². The first-order chi connectivity index (χ1) is 9.70. The summed E-state index contributed by atoms with van der Waals surface area (Å²) in [6.07, 6.45) is 1.70. The first kappa shape index (κ1) is 14.7. The van der Waals surface area contributed by atoms with Crippen LogP contribution in [0.4, 0.5) is 0 Å². The van der Waals surface area contributed by atoms with Crippen molar-refractivity contribution in [2.75, 3.05) is 19.7 Å². The highest BCUT2D eigenvalue weighted by molar-refractivity contribution is 5.87. The number of Topliss-reactive ketones (excluding diaryl/α,β-unsaturated/α-hetero) is 1. The lowest BCUT2D eigenvalue weighted by molar-refractivity contribution is -0.153. The number of benzene rings is 1. The van der Waals surface area contributed by atoms with Crippen LogP contribution in [0.5, 0.6) is 0 Å². The van der Waals surface area contributed by atoms with Crippen molar-refractivity contribution in [1.29, 1.82) is 0 Å². The molecule has 0 N–H and O–H groups in total. The van der Waals surface area contributed by atoms with E-state index in [1.54, 1.807) is 6.92 Å². The van der Waals surface area contributed by atoms with Crippen molar-refractivity contribution in [2.45, 2.75) is 32.2 Å². The van der Waals surface area contributed by atoms with Crippen LogP contribution in [0.25, 0.3) is 0 Å². The first-order valence-corrected chi connectivity index (χ1v) is 7.17. The zero-order valence-corrected chi connectivity index (χ0v) is 11.9. The van der Waals surface area contributed by atoms with Crippen LogP contribution in [0.1, 0.15) is 25.3 Å². The van der Waals surface area contributed by atoms with Gasteiger partial charge in [0.1, 0.15) is 11.8 Å². The number of nitrogens with zero attached hydrogens (tertiary/aromatic N) is 1. The minimum atomic E-state index is -0.403. The Morgan fingerprint density at radius 1 is 1.35 bits per heavy atom. The number of likely N-dealkylation sites (tertiary alicyclic amines) is 1. The molecule has 1 fully saturated rings. The molecule has 0 radical (unpaired) electrons. The van der Waals surface area contributed by atoms with E-state index in [-0.39, 0.29) is 18.2 Å². The second-order valence-electron chi connectivity index (χ2n) is 5.03. The Labute approximate surface area is 119 Å². The lowest BCUT2D eigenvalue weighted by Crippen LogP contribution is -2.48. The average molecular weight is 275 g/mol. The lowest BCUT2D eigenvalue weighted by atomic mass is 10.00. The number of carbonyl (C=O) groups is 2. The fourth-order valence-electron chi connectivity index (χ4n) is 2.53. The normalized spacial score (nSPS) is 19.9. The quantitative estimate of drug-likeness (QED) is 0.769. The second-order valence-corrected chi connectivity index (χ2v) is 5.03. The topological polar surface area (TPSA) is 46.6 Å². The highest BCUT2D eigenvalue weighted by atomic mass is 16.5. The molecule has 2 rings (SSSR count). The van der Waals surface area contributed by atoms with Gasteiger partial charge in [-0.25, -0.2) is 0 Å². The summed E-state index contributed by atoms with van der Waals surface area (Å²) in [5, 5.41) is 0. The Bertz CT molecular complexity index is 458. The molecule has 0 spiro atoms. The molecular formula is C16H21NO3. The molecule has 0 aliphatic carbocycles. The van der Waals surface area contributed by atoms with Crippen molar-refractivity contribution >= 4 is 11.8 Å². The molecule has 1 aromatic carbocycles. The van der Waals surface area contributed by atoms with Gasteiger partial charge in [0.25, 0.3) is 0 Å². The van der Waals surface area contributed by atoms with Gasteiger partial charge < -0.3 is 4.74 Å². The number of hydrogen-bond donors (Lipinski definition) is 0. The Morgan fingerprint density at radius 3 is 2.80 bits per heavy atom. The molecule has 4 heteroatoms. The molecule has 1 heterocycles. The van der Waals surface area contributed by atoms with Crippen molar-refractivity contribution in [3.05, 3.63) is 35.9 Å². The molecule has 0 bridgehead atoms. The van der Waals surface area contributed by atoms with Crippen molar-refractivity contribution in [3.8, 4) is 0 Å². The Morgan fingerprint density at radius 2 is 2.10 bits per heavy atom. The van der Waals surface area contributed by atoms with Crippen LogP contribution in [0, 0.1) is 0 Å². The van der Waals surface area contributed by atoms with Crippen LogP contribution in [-0.4, -0.2) is 42.4 Å². The maximum absolute atomic E-state index is 11.9. The molecule has 0 aromatic heterocycles. The predicted molar refractivity (Wildman–Crippen MR) is 76.4 cm³/mol. The highest BCUT2D eigenvalue weighted by Gasteiger charge is 2.33. The number of piperidine rings is 1.